The van der Waals surface area contributed by atoms with Crippen molar-refractivity contribution in [2.24, 2.45) is 0 Å². The van der Waals surface area contributed by atoms with Crippen LogP contribution in [0.2, 0.25) is 5.02 Å². The second kappa shape index (κ2) is 5.96. The molecule has 4 heteroatoms. The van der Waals surface area contributed by atoms with E-state index in [0.717, 1.165) is 11.6 Å². The summed E-state index contributed by atoms with van der Waals surface area (Å²) in [6.45, 7) is 0.975. The van der Waals surface area contributed by atoms with Crippen molar-refractivity contribution >= 4 is 38.9 Å². The Hall–Kier alpha value is -0.350. The number of benzene rings is 1. The van der Waals surface area contributed by atoms with Crippen LogP contribution < -0.4 is 5.32 Å². The Balaban J connectivity index is 1.48. The van der Waals surface area contributed by atoms with Gasteiger partial charge in [-0.25, -0.2) is 0 Å². The zero-order chi connectivity index (χ0) is 13.2. The van der Waals surface area contributed by atoms with Gasteiger partial charge in [0.15, 0.2) is 0 Å². The molecule has 0 aliphatic heterocycles. The molecule has 0 amide bonds. The van der Waals surface area contributed by atoms with Crippen molar-refractivity contribution in [2.45, 2.75) is 31.3 Å². The van der Waals surface area contributed by atoms with E-state index in [1.165, 1.54) is 27.8 Å². The van der Waals surface area contributed by atoms with Crippen molar-refractivity contribution in [1.29, 1.82) is 0 Å². The highest BCUT2D eigenvalue weighted by Gasteiger charge is 2.29. The van der Waals surface area contributed by atoms with Crippen molar-refractivity contribution in [3.05, 3.63) is 55.6 Å². The van der Waals surface area contributed by atoms with E-state index in [4.69, 9.17) is 11.6 Å². The Morgan fingerprint density at radius 1 is 1.32 bits per heavy atom. The van der Waals surface area contributed by atoms with Crippen LogP contribution in [0.1, 0.15) is 29.2 Å². The van der Waals surface area contributed by atoms with Gasteiger partial charge in [-0.1, -0.05) is 23.7 Å². The van der Waals surface area contributed by atoms with Crippen LogP contribution in [0.4, 0.5) is 0 Å². The van der Waals surface area contributed by atoms with Crippen molar-refractivity contribution in [3.8, 4) is 0 Å². The standard InChI is InChI=1S/C15H15BrClNS/c16-12-7-15(19-9-12)8-18-14-5-11(6-14)10-2-1-3-13(17)4-10/h1-4,7,9,11,14,18H,5-6,8H2. The maximum Gasteiger partial charge on any atom is 0.0408 e. The molecule has 0 saturated heterocycles. The van der Waals surface area contributed by atoms with Crippen LogP contribution in [-0.4, -0.2) is 6.04 Å². The van der Waals surface area contributed by atoms with Gasteiger partial charge in [0, 0.05) is 32.3 Å². The summed E-state index contributed by atoms with van der Waals surface area (Å²) < 4.78 is 1.18. The minimum absolute atomic E-state index is 0.643. The molecule has 1 aromatic heterocycles. The minimum Gasteiger partial charge on any atom is -0.309 e. The first kappa shape index (κ1) is 13.6. The average molecular weight is 357 g/mol. The summed E-state index contributed by atoms with van der Waals surface area (Å²) in [5.41, 5.74) is 1.38. The molecule has 0 atom stereocenters. The number of rotatable bonds is 4. The molecule has 1 fully saturated rings. The van der Waals surface area contributed by atoms with E-state index >= 15 is 0 Å². The quantitative estimate of drug-likeness (QED) is 0.794. The van der Waals surface area contributed by atoms with Gasteiger partial charge in [0.25, 0.3) is 0 Å². The Labute approximate surface area is 131 Å². The third-order valence-electron chi connectivity index (χ3n) is 3.64. The van der Waals surface area contributed by atoms with E-state index < -0.39 is 0 Å². The highest BCUT2D eigenvalue weighted by molar-refractivity contribution is 9.10. The third-order valence-corrected chi connectivity index (χ3v) is 5.58. The zero-order valence-electron chi connectivity index (χ0n) is 10.4. The van der Waals surface area contributed by atoms with Gasteiger partial charge < -0.3 is 5.32 Å². The van der Waals surface area contributed by atoms with Crippen molar-refractivity contribution in [3.63, 3.8) is 0 Å². The Morgan fingerprint density at radius 2 is 2.16 bits per heavy atom. The van der Waals surface area contributed by atoms with Crippen LogP contribution in [0.15, 0.2) is 40.2 Å². The second-order valence-electron chi connectivity index (χ2n) is 5.03. The largest absolute Gasteiger partial charge is 0.309 e. The summed E-state index contributed by atoms with van der Waals surface area (Å²) in [7, 11) is 0. The van der Waals surface area contributed by atoms with Gasteiger partial charge in [-0.3, -0.25) is 0 Å². The number of nitrogens with one attached hydrogen (secondary N) is 1. The molecule has 0 unspecified atom stereocenters. The van der Waals surface area contributed by atoms with Crippen molar-refractivity contribution in [2.75, 3.05) is 0 Å². The lowest BCUT2D eigenvalue weighted by Gasteiger charge is -2.36. The lowest BCUT2D eigenvalue weighted by atomic mass is 9.76. The van der Waals surface area contributed by atoms with Crippen LogP contribution >= 0.6 is 38.9 Å². The molecule has 0 spiro atoms. The summed E-state index contributed by atoms with van der Waals surface area (Å²) in [4.78, 5) is 1.39. The summed E-state index contributed by atoms with van der Waals surface area (Å²) in [6.07, 6.45) is 2.43. The molecule has 1 heterocycles. The summed E-state index contributed by atoms with van der Waals surface area (Å²) in [6, 6.07) is 11.1. The number of hydrogen-bond donors (Lipinski definition) is 1. The van der Waals surface area contributed by atoms with E-state index in [1.807, 2.05) is 12.1 Å². The normalized spacial score (nSPS) is 22.2. The van der Waals surface area contributed by atoms with Gasteiger partial charge in [-0.15, -0.1) is 11.3 Å². The molecule has 3 rings (SSSR count). The molecule has 19 heavy (non-hydrogen) atoms. The zero-order valence-corrected chi connectivity index (χ0v) is 13.6. The number of hydrogen-bond acceptors (Lipinski definition) is 2. The Kier molecular flexibility index (Phi) is 4.27. The maximum atomic E-state index is 6.03. The Morgan fingerprint density at radius 3 is 2.84 bits per heavy atom. The molecule has 1 nitrogen and oxygen atoms in total. The third kappa shape index (κ3) is 3.40. The molecule has 1 aromatic carbocycles. The van der Waals surface area contributed by atoms with E-state index in [-0.39, 0.29) is 0 Å². The predicted molar refractivity (Wildman–Crippen MR) is 86.1 cm³/mol. The van der Waals surface area contributed by atoms with Crippen molar-refractivity contribution < 1.29 is 0 Å². The SMILES string of the molecule is Clc1cccc(C2CC(NCc3cc(Br)cs3)C2)c1. The van der Waals surface area contributed by atoms with E-state index in [2.05, 4.69) is 44.8 Å². The smallest absolute Gasteiger partial charge is 0.0408 e. The number of thiophene rings is 1. The van der Waals surface area contributed by atoms with Crippen LogP contribution in [0.3, 0.4) is 0 Å². The van der Waals surface area contributed by atoms with Crippen LogP contribution in [0.25, 0.3) is 0 Å². The highest BCUT2D eigenvalue weighted by Crippen LogP contribution is 2.37. The lowest BCUT2D eigenvalue weighted by Crippen LogP contribution is -2.39. The van der Waals surface area contributed by atoms with Crippen LogP contribution in [-0.2, 0) is 6.54 Å². The average Bonchev–Trinajstić information content (AvgIpc) is 2.73. The van der Waals surface area contributed by atoms with E-state index in [1.54, 1.807) is 11.3 Å². The fourth-order valence-corrected chi connectivity index (χ4v) is 4.11. The first-order chi connectivity index (χ1) is 9.20. The predicted octanol–water partition coefficient (Wildman–Crippen LogP) is 5.20. The maximum absolute atomic E-state index is 6.03. The summed E-state index contributed by atoms with van der Waals surface area (Å²) in [5, 5.41) is 6.60. The molecule has 0 bridgehead atoms. The second-order valence-corrected chi connectivity index (χ2v) is 7.38. The molecular formula is C15H15BrClNS. The summed E-state index contributed by atoms with van der Waals surface area (Å²) >= 11 is 11.3. The molecule has 1 saturated carbocycles. The molecule has 1 aliphatic carbocycles. The van der Waals surface area contributed by atoms with Gasteiger partial charge in [-0.2, -0.15) is 0 Å². The topological polar surface area (TPSA) is 12.0 Å². The van der Waals surface area contributed by atoms with Gasteiger partial charge in [0.1, 0.15) is 0 Å². The molecule has 0 radical (unpaired) electrons. The molecule has 1 aliphatic rings. The van der Waals surface area contributed by atoms with E-state index in [0.29, 0.717) is 12.0 Å². The van der Waals surface area contributed by atoms with Crippen molar-refractivity contribution in [1.82, 2.24) is 5.32 Å². The molecule has 2 aromatic rings. The minimum atomic E-state index is 0.643. The molecular weight excluding hydrogens is 342 g/mol. The van der Waals surface area contributed by atoms with Crippen LogP contribution in [0.5, 0.6) is 0 Å². The highest BCUT2D eigenvalue weighted by atomic mass is 79.9. The number of halogens is 2. The van der Waals surface area contributed by atoms with Gasteiger partial charge in [0.2, 0.25) is 0 Å². The fourth-order valence-electron chi connectivity index (χ4n) is 2.51. The van der Waals surface area contributed by atoms with Gasteiger partial charge in [0.05, 0.1) is 0 Å². The van der Waals surface area contributed by atoms with Crippen LogP contribution in [0, 0.1) is 0 Å². The first-order valence-corrected chi connectivity index (χ1v) is 8.47. The molecule has 1 N–H and O–H groups in total. The lowest BCUT2D eigenvalue weighted by molar-refractivity contribution is 0.290. The monoisotopic (exact) mass is 355 g/mol. The van der Waals surface area contributed by atoms with Gasteiger partial charge >= 0.3 is 0 Å². The summed E-state index contributed by atoms with van der Waals surface area (Å²) in [5.74, 6) is 0.672. The fraction of sp³-hybridized carbons (Fsp3) is 0.333. The van der Waals surface area contributed by atoms with E-state index in [9.17, 15) is 0 Å². The van der Waals surface area contributed by atoms with Gasteiger partial charge in [-0.05, 0) is 58.5 Å². The molecule has 100 valence electrons. The Bertz CT molecular complexity index is 563. The first-order valence-electron chi connectivity index (χ1n) is 6.42.